The van der Waals surface area contributed by atoms with Gasteiger partial charge in [0.15, 0.2) is 0 Å². The average Bonchev–Trinajstić information content (AvgIpc) is 3.19. The molecule has 3 aromatic rings. The lowest BCUT2D eigenvalue weighted by Gasteiger charge is -2.21. The summed E-state index contributed by atoms with van der Waals surface area (Å²) in [7, 11) is 1.58. The van der Waals surface area contributed by atoms with Gasteiger partial charge in [-0.25, -0.2) is 0 Å². The van der Waals surface area contributed by atoms with Crippen LogP contribution in [0.25, 0.3) is 10.8 Å². The molecule has 4 rings (SSSR count). The second-order valence-electron chi connectivity index (χ2n) is 7.45. The highest BCUT2D eigenvalue weighted by atomic mass is 16.5. The van der Waals surface area contributed by atoms with Crippen molar-refractivity contribution in [2.24, 2.45) is 0 Å². The molecular formula is C24H25N3O3. The third-order valence-electron chi connectivity index (χ3n) is 5.34. The quantitative estimate of drug-likeness (QED) is 0.639. The van der Waals surface area contributed by atoms with Gasteiger partial charge in [0.1, 0.15) is 11.8 Å². The van der Waals surface area contributed by atoms with Crippen LogP contribution >= 0.6 is 0 Å². The van der Waals surface area contributed by atoms with Gasteiger partial charge >= 0.3 is 0 Å². The van der Waals surface area contributed by atoms with E-state index in [9.17, 15) is 9.59 Å². The largest absolute Gasteiger partial charge is 0.494 e. The molecule has 3 aromatic carbocycles. The van der Waals surface area contributed by atoms with Crippen LogP contribution in [0.1, 0.15) is 19.8 Å². The maximum Gasteiger partial charge on any atom is 0.246 e. The summed E-state index contributed by atoms with van der Waals surface area (Å²) in [5.41, 5.74) is 2.27. The van der Waals surface area contributed by atoms with E-state index in [4.69, 9.17) is 4.74 Å². The van der Waals surface area contributed by atoms with E-state index in [2.05, 4.69) is 10.6 Å². The zero-order chi connectivity index (χ0) is 21.1. The van der Waals surface area contributed by atoms with Crippen molar-refractivity contribution in [3.05, 3.63) is 60.7 Å². The predicted molar refractivity (Wildman–Crippen MR) is 120 cm³/mol. The van der Waals surface area contributed by atoms with E-state index in [0.29, 0.717) is 18.7 Å². The van der Waals surface area contributed by atoms with Crippen molar-refractivity contribution >= 4 is 39.6 Å². The number of hydrogen-bond acceptors (Lipinski definition) is 4. The van der Waals surface area contributed by atoms with E-state index in [-0.39, 0.29) is 11.8 Å². The Morgan fingerprint density at radius 2 is 1.80 bits per heavy atom. The molecule has 154 valence electrons. The highest BCUT2D eigenvalue weighted by Gasteiger charge is 2.24. The maximum absolute atomic E-state index is 12.7. The van der Waals surface area contributed by atoms with Gasteiger partial charge in [-0.05, 0) is 48.4 Å². The number of methoxy groups -OCH3 is 1. The Hall–Kier alpha value is -3.54. The van der Waals surface area contributed by atoms with Gasteiger partial charge in [0.2, 0.25) is 11.8 Å². The first-order valence-electron chi connectivity index (χ1n) is 10.1. The number of fused-ring (bicyclic) bond motifs is 1. The summed E-state index contributed by atoms with van der Waals surface area (Å²) in [6, 6.07) is 19.0. The minimum Gasteiger partial charge on any atom is -0.494 e. The fourth-order valence-electron chi connectivity index (χ4n) is 3.73. The molecular weight excluding hydrogens is 378 g/mol. The molecule has 0 radical (unpaired) electrons. The molecule has 1 saturated heterocycles. The lowest BCUT2D eigenvalue weighted by molar-refractivity contribution is -0.117. The van der Waals surface area contributed by atoms with Crippen LogP contribution in [-0.4, -0.2) is 31.5 Å². The number of amides is 2. The smallest absolute Gasteiger partial charge is 0.246 e. The van der Waals surface area contributed by atoms with Crippen molar-refractivity contribution in [1.82, 2.24) is 0 Å². The van der Waals surface area contributed by atoms with E-state index >= 15 is 0 Å². The first-order valence-corrected chi connectivity index (χ1v) is 10.1. The Labute approximate surface area is 175 Å². The van der Waals surface area contributed by atoms with Gasteiger partial charge in [-0.3, -0.25) is 9.59 Å². The van der Waals surface area contributed by atoms with Gasteiger partial charge < -0.3 is 20.3 Å². The van der Waals surface area contributed by atoms with Crippen LogP contribution in [0.2, 0.25) is 0 Å². The van der Waals surface area contributed by atoms with E-state index < -0.39 is 6.04 Å². The third-order valence-corrected chi connectivity index (χ3v) is 5.34. The third kappa shape index (κ3) is 4.08. The van der Waals surface area contributed by atoms with Crippen LogP contribution in [0.3, 0.4) is 0 Å². The molecule has 0 bridgehead atoms. The normalized spacial score (nSPS) is 14.6. The topological polar surface area (TPSA) is 70.7 Å². The second-order valence-corrected chi connectivity index (χ2v) is 7.45. The Kier molecular flexibility index (Phi) is 5.57. The SMILES string of the molecule is COc1cc(NC(C)C(=O)Nc2ccc3ccccc3c2)ccc1N1CCCC1=O. The molecule has 1 aliphatic rings. The van der Waals surface area contributed by atoms with Crippen LogP contribution in [-0.2, 0) is 9.59 Å². The molecule has 1 atom stereocenters. The van der Waals surface area contributed by atoms with Crippen LogP contribution in [0.5, 0.6) is 5.75 Å². The van der Waals surface area contributed by atoms with E-state index in [1.165, 1.54) is 0 Å². The van der Waals surface area contributed by atoms with Gasteiger partial charge in [0.05, 0.1) is 12.8 Å². The standard InChI is InChI=1S/C24H25N3O3/c1-16(24(29)26-19-10-9-17-6-3-4-7-18(17)14-19)25-20-11-12-21(22(15-20)30-2)27-13-5-8-23(27)28/h3-4,6-7,9-12,14-16,25H,5,8,13H2,1-2H3,(H,26,29). The highest BCUT2D eigenvalue weighted by molar-refractivity contribution is 5.99. The number of anilines is 3. The molecule has 1 aliphatic heterocycles. The first kappa shape index (κ1) is 19.8. The molecule has 2 N–H and O–H groups in total. The Morgan fingerprint density at radius 1 is 1.03 bits per heavy atom. The lowest BCUT2D eigenvalue weighted by Crippen LogP contribution is -2.32. The number of benzene rings is 3. The predicted octanol–water partition coefficient (Wildman–Crippen LogP) is 4.41. The molecule has 0 saturated carbocycles. The summed E-state index contributed by atoms with van der Waals surface area (Å²) < 4.78 is 5.49. The summed E-state index contributed by atoms with van der Waals surface area (Å²) in [6.07, 6.45) is 1.42. The molecule has 6 heteroatoms. The Bertz CT molecular complexity index is 1100. The van der Waals surface area contributed by atoms with Crippen LogP contribution in [0.4, 0.5) is 17.1 Å². The first-order chi connectivity index (χ1) is 14.5. The van der Waals surface area contributed by atoms with Crippen LogP contribution < -0.4 is 20.3 Å². The minimum atomic E-state index is -0.458. The Balaban J connectivity index is 1.45. The fraction of sp³-hybridized carbons (Fsp3) is 0.250. The Morgan fingerprint density at radius 3 is 2.53 bits per heavy atom. The molecule has 0 aliphatic carbocycles. The van der Waals surface area contributed by atoms with Gasteiger partial charge in [0.25, 0.3) is 0 Å². The maximum atomic E-state index is 12.7. The number of carbonyl (C=O) groups excluding carboxylic acids is 2. The number of rotatable bonds is 6. The van der Waals surface area contributed by atoms with Crippen molar-refractivity contribution in [3.8, 4) is 5.75 Å². The minimum absolute atomic E-state index is 0.108. The summed E-state index contributed by atoms with van der Waals surface area (Å²) in [6.45, 7) is 2.51. The summed E-state index contributed by atoms with van der Waals surface area (Å²) in [5.74, 6) is 0.581. The molecule has 2 amide bonds. The molecule has 6 nitrogen and oxygen atoms in total. The zero-order valence-electron chi connectivity index (χ0n) is 17.1. The zero-order valence-corrected chi connectivity index (χ0v) is 17.1. The van der Waals surface area contributed by atoms with Crippen molar-refractivity contribution in [2.75, 3.05) is 29.2 Å². The number of nitrogens with zero attached hydrogens (tertiary/aromatic N) is 1. The van der Waals surface area contributed by atoms with E-state index in [1.807, 2.05) is 60.7 Å². The van der Waals surface area contributed by atoms with Gasteiger partial charge in [-0.1, -0.05) is 30.3 Å². The van der Waals surface area contributed by atoms with Crippen molar-refractivity contribution in [2.45, 2.75) is 25.8 Å². The molecule has 0 spiro atoms. The molecule has 1 heterocycles. The van der Waals surface area contributed by atoms with Crippen LogP contribution in [0, 0.1) is 0 Å². The number of nitrogens with one attached hydrogen (secondary N) is 2. The number of carbonyl (C=O) groups is 2. The molecule has 1 unspecified atom stereocenters. The molecule has 0 aromatic heterocycles. The summed E-state index contributed by atoms with van der Waals surface area (Å²) >= 11 is 0. The second kappa shape index (κ2) is 8.45. The van der Waals surface area contributed by atoms with E-state index in [1.54, 1.807) is 18.9 Å². The van der Waals surface area contributed by atoms with Crippen molar-refractivity contribution < 1.29 is 14.3 Å². The van der Waals surface area contributed by atoms with Crippen LogP contribution in [0.15, 0.2) is 60.7 Å². The van der Waals surface area contributed by atoms with Gasteiger partial charge in [0, 0.05) is 30.4 Å². The molecule has 30 heavy (non-hydrogen) atoms. The van der Waals surface area contributed by atoms with E-state index in [0.717, 1.165) is 34.3 Å². The van der Waals surface area contributed by atoms with Gasteiger partial charge in [-0.15, -0.1) is 0 Å². The van der Waals surface area contributed by atoms with Crippen molar-refractivity contribution in [3.63, 3.8) is 0 Å². The lowest BCUT2D eigenvalue weighted by atomic mass is 10.1. The number of ether oxygens (including phenoxy) is 1. The number of hydrogen-bond donors (Lipinski definition) is 2. The highest BCUT2D eigenvalue weighted by Crippen LogP contribution is 2.34. The molecule has 1 fully saturated rings. The van der Waals surface area contributed by atoms with Gasteiger partial charge in [-0.2, -0.15) is 0 Å². The summed E-state index contributed by atoms with van der Waals surface area (Å²) in [4.78, 5) is 26.5. The monoisotopic (exact) mass is 403 g/mol. The average molecular weight is 403 g/mol. The van der Waals surface area contributed by atoms with Crippen molar-refractivity contribution in [1.29, 1.82) is 0 Å². The summed E-state index contributed by atoms with van der Waals surface area (Å²) in [5, 5.41) is 8.37. The fourth-order valence-corrected chi connectivity index (χ4v) is 3.73.